The highest BCUT2D eigenvalue weighted by atomic mass is 32.2. The standard InChI is InChI=1S/C29H37N3O4S/c1-6-22(4)30-29(34)26(7-2)31(19-23-13-10-12-21(3)18-23)28(33)20-32(37(5,35)36)27-17-11-15-24-14-8-9-16-25(24)27/h8-18,22,26H,6-7,19-20H2,1-5H3,(H,30,34). The molecule has 0 fully saturated rings. The second-order valence-corrected chi connectivity index (χ2v) is 11.4. The lowest BCUT2D eigenvalue weighted by Gasteiger charge is -2.33. The van der Waals surface area contributed by atoms with Crippen LogP contribution in [0.5, 0.6) is 0 Å². The Balaban J connectivity index is 2.02. The minimum Gasteiger partial charge on any atom is -0.352 e. The van der Waals surface area contributed by atoms with Gasteiger partial charge in [-0.1, -0.05) is 80.1 Å². The van der Waals surface area contributed by atoms with Crippen molar-refractivity contribution in [3.8, 4) is 0 Å². The van der Waals surface area contributed by atoms with Crippen LogP contribution in [0.25, 0.3) is 10.8 Å². The summed E-state index contributed by atoms with van der Waals surface area (Å²) in [7, 11) is -3.81. The maximum atomic E-state index is 13.9. The van der Waals surface area contributed by atoms with E-state index >= 15 is 0 Å². The summed E-state index contributed by atoms with van der Waals surface area (Å²) in [5, 5.41) is 4.59. The third-order valence-electron chi connectivity index (χ3n) is 6.54. The van der Waals surface area contributed by atoms with Crippen molar-refractivity contribution < 1.29 is 18.0 Å². The van der Waals surface area contributed by atoms with Gasteiger partial charge in [0.05, 0.1) is 11.9 Å². The average Bonchev–Trinajstić information content (AvgIpc) is 2.86. The molecule has 3 aromatic carbocycles. The van der Waals surface area contributed by atoms with Gasteiger partial charge in [-0.3, -0.25) is 13.9 Å². The van der Waals surface area contributed by atoms with Gasteiger partial charge in [-0.2, -0.15) is 0 Å². The van der Waals surface area contributed by atoms with E-state index in [0.29, 0.717) is 12.1 Å². The topological polar surface area (TPSA) is 86.8 Å². The lowest BCUT2D eigenvalue weighted by Crippen LogP contribution is -2.53. The van der Waals surface area contributed by atoms with Crippen LogP contribution in [0.4, 0.5) is 5.69 Å². The molecule has 0 saturated carbocycles. The van der Waals surface area contributed by atoms with Crippen molar-refractivity contribution >= 4 is 38.3 Å². The Morgan fingerprint density at radius 2 is 1.62 bits per heavy atom. The van der Waals surface area contributed by atoms with Crippen LogP contribution >= 0.6 is 0 Å². The molecule has 0 bridgehead atoms. The number of sulfonamides is 1. The third kappa shape index (κ3) is 7.10. The van der Waals surface area contributed by atoms with Crippen LogP contribution in [0.3, 0.4) is 0 Å². The van der Waals surface area contributed by atoms with E-state index in [-0.39, 0.29) is 18.5 Å². The maximum Gasteiger partial charge on any atom is 0.244 e. The number of rotatable bonds is 11. The molecule has 0 heterocycles. The molecule has 0 aromatic heterocycles. The fourth-order valence-corrected chi connectivity index (χ4v) is 5.25. The molecule has 0 radical (unpaired) electrons. The van der Waals surface area contributed by atoms with Crippen LogP contribution in [-0.2, 0) is 26.2 Å². The Labute approximate surface area is 220 Å². The molecule has 198 valence electrons. The molecule has 37 heavy (non-hydrogen) atoms. The normalized spacial score (nSPS) is 13.1. The van der Waals surface area contributed by atoms with Crippen LogP contribution in [0.15, 0.2) is 66.7 Å². The molecular weight excluding hydrogens is 486 g/mol. The molecule has 0 aliphatic carbocycles. The summed E-state index contributed by atoms with van der Waals surface area (Å²) in [4.78, 5) is 28.6. The molecule has 3 rings (SSSR count). The van der Waals surface area contributed by atoms with E-state index < -0.39 is 28.5 Å². The maximum absolute atomic E-state index is 13.9. The Bertz CT molecular complexity index is 1350. The fourth-order valence-electron chi connectivity index (χ4n) is 4.39. The van der Waals surface area contributed by atoms with Gasteiger partial charge < -0.3 is 10.2 Å². The van der Waals surface area contributed by atoms with Crippen molar-refractivity contribution in [3.63, 3.8) is 0 Å². The number of nitrogens with one attached hydrogen (secondary N) is 1. The number of benzene rings is 3. The predicted molar refractivity (Wildman–Crippen MR) is 150 cm³/mol. The van der Waals surface area contributed by atoms with Gasteiger partial charge in [0.25, 0.3) is 0 Å². The first-order chi connectivity index (χ1) is 17.5. The van der Waals surface area contributed by atoms with Gasteiger partial charge in [0.2, 0.25) is 21.8 Å². The van der Waals surface area contributed by atoms with E-state index in [0.717, 1.165) is 38.9 Å². The molecular formula is C29H37N3O4S. The van der Waals surface area contributed by atoms with Crippen molar-refractivity contribution in [2.75, 3.05) is 17.1 Å². The first-order valence-corrected chi connectivity index (χ1v) is 14.5. The van der Waals surface area contributed by atoms with Crippen molar-refractivity contribution in [1.29, 1.82) is 0 Å². The zero-order valence-corrected chi connectivity index (χ0v) is 23.1. The van der Waals surface area contributed by atoms with Crippen LogP contribution in [-0.4, -0.2) is 50.0 Å². The van der Waals surface area contributed by atoms with E-state index in [1.54, 1.807) is 12.1 Å². The van der Waals surface area contributed by atoms with Crippen LogP contribution in [0, 0.1) is 6.92 Å². The molecule has 2 amide bonds. The highest BCUT2D eigenvalue weighted by Crippen LogP contribution is 2.29. The summed E-state index contributed by atoms with van der Waals surface area (Å²) in [6.07, 6.45) is 2.25. The highest BCUT2D eigenvalue weighted by Gasteiger charge is 2.32. The monoisotopic (exact) mass is 523 g/mol. The lowest BCUT2D eigenvalue weighted by molar-refractivity contribution is -0.140. The van der Waals surface area contributed by atoms with Gasteiger partial charge in [0.1, 0.15) is 12.6 Å². The smallest absolute Gasteiger partial charge is 0.244 e. The predicted octanol–water partition coefficient (Wildman–Crippen LogP) is 4.64. The van der Waals surface area contributed by atoms with E-state index in [2.05, 4.69) is 5.32 Å². The van der Waals surface area contributed by atoms with E-state index in [9.17, 15) is 18.0 Å². The lowest BCUT2D eigenvalue weighted by atomic mass is 10.1. The molecule has 0 saturated heterocycles. The summed E-state index contributed by atoms with van der Waals surface area (Å²) in [5.41, 5.74) is 2.34. The molecule has 0 spiro atoms. The average molecular weight is 524 g/mol. The summed E-state index contributed by atoms with van der Waals surface area (Å²) in [6.45, 7) is 7.51. The number of hydrogen-bond acceptors (Lipinski definition) is 4. The summed E-state index contributed by atoms with van der Waals surface area (Å²) >= 11 is 0. The molecule has 1 N–H and O–H groups in total. The fraction of sp³-hybridized carbons (Fsp3) is 0.379. The van der Waals surface area contributed by atoms with Crippen molar-refractivity contribution in [2.45, 2.75) is 59.2 Å². The first-order valence-electron chi connectivity index (χ1n) is 12.7. The molecule has 7 nitrogen and oxygen atoms in total. The molecule has 0 aliphatic rings. The van der Waals surface area contributed by atoms with Gasteiger partial charge in [-0.15, -0.1) is 0 Å². The first kappa shape index (κ1) is 28.2. The third-order valence-corrected chi connectivity index (χ3v) is 7.66. The molecule has 2 atom stereocenters. The van der Waals surface area contributed by atoms with Gasteiger partial charge in [-0.25, -0.2) is 8.42 Å². The highest BCUT2D eigenvalue weighted by molar-refractivity contribution is 7.92. The number of carbonyl (C=O) groups excluding carboxylic acids is 2. The van der Waals surface area contributed by atoms with Gasteiger partial charge in [0, 0.05) is 18.0 Å². The summed E-state index contributed by atoms with van der Waals surface area (Å²) in [5.74, 6) is -0.681. The summed E-state index contributed by atoms with van der Waals surface area (Å²) in [6, 6.07) is 19.8. The van der Waals surface area contributed by atoms with Gasteiger partial charge in [-0.05, 0) is 43.7 Å². The van der Waals surface area contributed by atoms with E-state index in [1.165, 1.54) is 4.90 Å². The van der Waals surface area contributed by atoms with Crippen LogP contribution < -0.4 is 9.62 Å². The number of nitrogens with zero attached hydrogens (tertiary/aromatic N) is 2. The Hall–Kier alpha value is -3.39. The van der Waals surface area contributed by atoms with Gasteiger partial charge >= 0.3 is 0 Å². The minimum atomic E-state index is -3.81. The number of fused-ring (bicyclic) bond motifs is 1. The largest absolute Gasteiger partial charge is 0.352 e. The van der Waals surface area contributed by atoms with Crippen LogP contribution in [0.2, 0.25) is 0 Å². The van der Waals surface area contributed by atoms with Crippen molar-refractivity contribution in [3.05, 3.63) is 77.9 Å². The molecule has 8 heteroatoms. The Morgan fingerprint density at radius 3 is 2.27 bits per heavy atom. The minimum absolute atomic E-state index is 0.0410. The molecule has 2 unspecified atom stereocenters. The van der Waals surface area contributed by atoms with E-state index in [1.807, 2.05) is 82.3 Å². The van der Waals surface area contributed by atoms with Crippen molar-refractivity contribution in [1.82, 2.24) is 10.2 Å². The quantitative estimate of drug-likeness (QED) is 0.397. The second-order valence-electron chi connectivity index (χ2n) is 9.52. The van der Waals surface area contributed by atoms with E-state index in [4.69, 9.17) is 0 Å². The number of amides is 2. The zero-order valence-electron chi connectivity index (χ0n) is 22.3. The van der Waals surface area contributed by atoms with Gasteiger partial charge in [0.15, 0.2) is 0 Å². The zero-order chi connectivity index (χ0) is 27.2. The molecule has 0 aliphatic heterocycles. The number of hydrogen-bond donors (Lipinski definition) is 1. The Morgan fingerprint density at radius 1 is 0.946 bits per heavy atom. The number of aryl methyl sites for hydroxylation is 1. The number of carbonyl (C=O) groups is 2. The Kier molecular flexibility index (Phi) is 9.32. The number of anilines is 1. The SMILES string of the molecule is CCC(C)NC(=O)C(CC)N(Cc1cccc(C)c1)C(=O)CN(c1cccc2ccccc12)S(C)(=O)=O. The summed E-state index contributed by atoms with van der Waals surface area (Å²) < 4.78 is 27.1. The van der Waals surface area contributed by atoms with Crippen LogP contribution in [0.1, 0.15) is 44.7 Å². The molecule has 3 aromatic rings. The van der Waals surface area contributed by atoms with Crippen molar-refractivity contribution in [2.24, 2.45) is 0 Å². The second kappa shape index (κ2) is 12.2.